The van der Waals surface area contributed by atoms with Crippen LogP contribution in [-0.4, -0.2) is 16.2 Å². The van der Waals surface area contributed by atoms with Gasteiger partial charge in [-0.3, -0.25) is 0 Å². The molecule has 13 rings (SSSR count). The Kier molecular flexibility index (Phi) is 6.88. The van der Waals surface area contributed by atoms with Gasteiger partial charge in [0.2, 0.25) is 0 Å². The zero-order valence-corrected chi connectivity index (χ0v) is 32.4. The molecule has 12 aromatic rings. The van der Waals surface area contributed by atoms with E-state index < -0.39 is 6.17 Å². The van der Waals surface area contributed by atoms with Crippen LogP contribution in [0, 0.1) is 0 Å². The van der Waals surface area contributed by atoms with Gasteiger partial charge >= 0.3 is 0 Å². The summed E-state index contributed by atoms with van der Waals surface area (Å²) < 4.78 is 11.6. The first kappa shape index (κ1) is 32.5. The fourth-order valence-corrected chi connectivity index (χ4v) is 10.3. The number of nitrogens with one attached hydrogen (secondary N) is 1. The van der Waals surface area contributed by atoms with E-state index in [1.54, 1.807) is 0 Å². The molecular weight excluding hydrogens is 741 g/mol. The quantitative estimate of drug-likeness (QED) is 0.194. The van der Waals surface area contributed by atoms with Crippen molar-refractivity contribution in [1.82, 2.24) is 9.88 Å². The third-order valence-corrected chi connectivity index (χ3v) is 13.1. The molecule has 0 saturated carbocycles. The first-order valence-electron chi connectivity index (χ1n) is 19.9. The predicted molar refractivity (Wildman–Crippen MR) is 248 cm³/mol. The van der Waals surface area contributed by atoms with E-state index in [4.69, 9.17) is 14.4 Å². The number of aromatic nitrogens is 1. The van der Waals surface area contributed by atoms with Crippen molar-refractivity contribution < 1.29 is 4.42 Å². The summed E-state index contributed by atoms with van der Waals surface area (Å²) in [5, 5.41) is 15.6. The number of benzene rings is 9. The lowest BCUT2D eigenvalue weighted by Gasteiger charge is -2.25. The van der Waals surface area contributed by atoms with Crippen molar-refractivity contribution in [2.75, 3.05) is 0 Å². The number of para-hydroxylation sites is 2. The number of thiophene rings is 1. The molecule has 6 heteroatoms. The minimum Gasteiger partial charge on any atom is -0.456 e. The van der Waals surface area contributed by atoms with E-state index in [0.29, 0.717) is 5.84 Å². The Morgan fingerprint density at radius 3 is 2.10 bits per heavy atom. The van der Waals surface area contributed by atoms with Crippen LogP contribution < -0.4 is 5.32 Å². The first-order valence-corrected chi connectivity index (χ1v) is 20.7. The molecule has 1 atom stereocenters. The van der Waals surface area contributed by atoms with E-state index in [-0.39, 0.29) is 0 Å². The maximum absolute atomic E-state index is 6.74. The summed E-state index contributed by atoms with van der Waals surface area (Å²) in [5.41, 5.74) is 7.89. The zero-order valence-electron chi connectivity index (χ0n) is 31.6. The van der Waals surface area contributed by atoms with Crippen LogP contribution in [0.1, 0.15) is 22.9 Å². The van der Waals surface area contributed by atoms with Gasteiger partial charge in [-0.1, -0.05) is 115 Å². The Hall–Kier alpha value is -7.54. The average Bonchev–Trinajstić information content (AvgIpc) is 3.96. The second-order valence-corrected chi connectivity index (χ2v) is 16.5. The molecule has 4 heterocycles. The summed E-state index contributed by atoms with van der Waals surface area (Å²) in [5.74, 6) is 1.43. The standard InChI is InChI=1S/C53H32N4OS/c1-2-12-32-25-35(22-21-31(32)11-1)51-54-52(36-23-24-49-42(27-36)39-16-7-10-20-48(39)59-49)56-53(55-51)43-29-37(30-47-50(43)40-17-6-9-19-46(40)58-47)57-44-18-8-5-15-38(44)41-26-33-13-3-4-14-34(33)28-45(41)57/h1-30,51H,(H,54,55,56). The molecule has 1 aliphatic rings. The highest BCUT2D eigenvalue weighted by Crippen LogP contribution is 2.40. The number of furan rings is 1. The Morgan fingerprint density at radius 1 is 0.508 bits per heavy atom. The van der Waals surface area contributed by atoms with E-state index in [2.05, 4.69) is 180 Å². The molecule has 3 aromatic heterocycles. The molecule has 276 valence electrons. The monoisotopic (exact) mass is 772 g/mol. The molecule has 0 bridgehead atoms. The Bertz CT molecular complexity index is 3790. The largest absolute Gasteiger partial charge is 0.456 e. The summed E-state index contributed by atoms with van der Waals surface area (Å²) in [6.07, 6.45) is -0.395. The maximum Gasteiger partial charge on any atom is 0.159 e. The fraction of sp³-hybridized carbons (Fsp3) is 0.0189. The van der Waals surface area contributed by atoms with Gasteiger partial charge in [-0.2, -0.15) is 0 Å². The van der Waals surface area contributed by atoms with Gasteiger partial charge in [0, 0.05) is 58.9 Å². The van der Waals surface area contributed by atoms with Crippen LogP contribution in [0.3, 0.4) is 0 Å². The van der Waals surface area contributed by atoms with E-state index >= 15 is 0 Å². The van der Waals surface area contributed by atoms with Crippen LogP contribution in [0.4, 0.5) is 0 Å². The van der Waals surface area contributed by atoms with Gasteiger partial charge in [0.25, 0.3) is 0 Å². The number of nitrogens with zero attached hydrogens (tertiary/aromatic N) is 3. The molecule has 0 aliphatic carbocycles. The van der Waals surface area contributed by atoms with Crippen LogP contribution in [-0.2, 0) is 0 Å². The van der Waals surface area contributed by atoms with E-state index in [9.17, 15) is 0 Å². The Morgan fingerprint density at radius 2 is 1.22 bits per heavy atom. The molecule has 0 radical (unpaired) electrons. The number of hydrogen-bond donors (Lipinski definition) is 1. The Labute approximate surface area is 341 Å². The van der Waals surface area contributed by atoms with Gasteiger partial charge in [0.1, 0.15) is 23.2 Å². The molecule has 0 amide bonds. The lowest BCUT2D eigenvalue weighted by molar-refractivity contribution is 0.667. The van der Waals surface area contributed by atoms with Crippen molar-refractivity contribution in [3.05, 3.63) is 199 Å². The van der Waals surface area contributed by atoms with Gasteiger partial charge in [0.15, 0.2) is 5.84 Å². The van der Waals surface area contributed by atoms with E-state index in [1.807, 2.05) is 23.5 Å². The maximum atomic E-state index is 6.74. The predicted octanol–water partition coefficient (Wildman–Crippen LogP) is 13.9. The Balaban J connectivity index is 1.08. The number of aliphatic imine (C=N–C) groups is 2. The van der Waals surface area contributed by atoms with Crippen molar-refractivity contribution in [2.45, 2.75) is 6.17 Å². The lowest BCUT2D eigenvalue weighted by atomic mass is 10.0. The zero-order chi connectivity index (χ0) is 38.6. The van der Waals surface area contributed by atoms with Crippen molar-refractivity contribution in [1.29, 1.82) is 0 Å². The highest BCUT2D eigenvalue weighted by atomic mass is 32.1. The third-order valence-electron chi connectivity index (χ3n) is 12.0. The van der Waals surface area contributed by atoms with Crippen LogP contribution in [0.15, 0.2) is 196 Å². The van der Waals surface area contributed by atoms with Crippen LogP contribution >= 0.6 is 11.3 Å². The number of hydrogen-bond acceptors (Lipinski definition) is 5. The number of fused-ring (bicyclic) bond motifs is 11. The van der Waals surface area contributed by atoms with Crippen molar-refractivity contribution in [2.24, 2.45) is 9.98 Å². The van der Waals surface area contributed by atoms with Crippen molar-refractivity contribution in [3.63, 3.8) is 0 Å². The van der Waals surface area contributed by atoms with E-state index in [0.717, 1.165) is 61.2 Å². The first-order chi connectivity index (χ1) is 29.2. The molecule has 59 heavy (non-hydrogen) atoms. The lowest BCUT2D eigenvalue weighted by Crippen LogP contribution is -2.33. The SMILES string of the molecule is c1ccc2cc(C3N=C(c4ccc5sc6ccccc6c5c4)N=C(c4cc(-n5c6ccccc6c6cc7ccccc7cc65)cc5oc6ccccc6c45)N3)ccc2c1. The third kappa shape index (κ3) is 5.03. The normalized spacial score (nSPS) is 14.6. The summed E-state index contributed by atoms with van der Waals surface area (Å²) in [4.78, 5) is 10.8. The molecule has 0 fully saturated rings. The second kappa shape index (κ2) is 12.5. The highest BCUT2D eigenvalue weighted by molar-refractivity contribution is 7.25. The minimum absolute atomic E-state index is 0.395. The number of rotatable bonds is 4. The van der Waals surface area contributed by atoms with E-state index in [1.165, 1.54) is 52.5 Å². The molecule has 5 nitrogen and oxygen atoms in total. The topological polar surface area (TPSA) is 54.8 Å². The van der Waals surface area contributed by atoms with Gasteiger partial charge < -0.3 is 14.3 Å². The van der Waals surface area contributed by atoms with Crippen LogP contribution in [0.2, 0.25) is 0 Å². The van der Waals surface area contributed by atoms with Crippen LogP contribution in [0.25, 0.3) is 91.1 Å². The van der Waals surface area contributed by atoms with Crippen molar-refractivity contribution in [3.8, 4) is 5.69 Å². The van der Waals surface area contributed by atoms with Gasteiger partial charge in [-0.05, 0) is 87.8 Å². The van der Waals surface area contributed by atoms with Gasteiger partial charge in [-0.15, -0.1) is 11.3 Å². The summed E-state index contributed by atoms with van der Waals surface area (Å²) in [6.45, 7) is 0. The van der Waals surface area contributed by atoms with Gasteiger partial charge in [0.05, 0.1) is 16.7 Å². The molecule has 0 spiro atoms. The molecular formula is C53H32N4OS. The van der Waals surface area contributed by atoms with Crippen molar-refractivity contribution >= 4 is 108 Å². The molecule has 1 aliphatic heterocycles. The van der Waals surface area contributed by atoms with Gasteiger partial charge in [-0.25, -0.2) is 9.98 Å². The fourth-order valence-electron chi connectivity index (χ4n) is 9.22. The highest BCUT2D eigenvalue weighted by Gasteiger charge is 2.26. The number of amidine groups is 2. The molecule has 9 aromatic carbocycles. The smallest absolute Gasteiger partial charge is 0.159 e. The second-order valence-electron chi connectivity index (χ2n) is 15.4. The average molecular weight is 773 g/mol. The molecule has 0 saturated heterocycles. The summed E-state index contributed by atoms with van der Waals surface area (Å²) in [6, 6.07) is 65.1. The molecule has 1 N–H and O–H groups in total. The summed E-state index contributed by atoms with van der Waals surface area (Å²) >= 11 is 1.82. The van der Waals surface area contributed by atoms with Crippen LogP contribution in [0.5, 0.6) is 0 Å². The molecule has 1 unspecified atom stereocenters. The summed E-state index contributed by atoms with van der Waals surface area (Å²) in [7, 11) is 0. The minimum atomic E-state index is -0.395.